The van der Waals surface area contributed by atoms with E-state index in [0.29, 0.717) is 16.8 Å². The van der Waals surface area contributed by atoms with Crippen molar-refractivity contribution in [2.75, 3.05) is 24.3 Å². The molecule has 0 unspecified atom stereocenters. The third kappa shape index (κ3) is 3.11. The van der Waals surface area contributed by atoms with Crippen molar-refractivity contribution in [3.05, 3.63) is 59.1 Å². The quantitative estimate of drug-likeness (QED) is 0.803. The maximum absolute atomic E-state index is 12.2. The average molecular weight is 311 g/mol. The molecule has 6 nitrogen and oxygen atoms in total. The topological polar surface area (TPSA) is 67.5 Å². The molecule has 3 rings (SSSR count). The second-order valence-electron chi connectivity index (χ2n) is 5.41. The minimum atomic E-state index is -0.538. The predicted octanol–water partition coefficient (Wildman–Crippen LogP) is 2.30. The smallest absolute Gasteiger partial charge is 0.408 e. The first-order valence-electron chi connectivity index (χ1n) is 7.20. The van der Waals surface area contributed by atoms with Crippen LogP contribution in [0.3, 0.4) is 0 Å². The summed E-state index contributed by atoms with van der Waals surface area (Å²) in [6, 6.07) is 14.5. The first kappa shape index (κ1) is 14.9. The van der Waals surface area contributed by atoms with Crippen LogP contribution in [-0.4, -0.2) is 24.6 Å². The number of nitrogens with zero attached hydrogens (tertiary/aromatic N) is 2. The van der Waals surface area contributed by atoms with Crippen molar-refractivity contribution in [3.63, 3.8) is 0 Å². The van der Waals surface area contributed by atoms with Crippen LogP contribution in [0.5, 0.6) is 0 Å². The van der Waals surface area contributed by atoms with Gasteiger partial charge in [-0.3, -0.25) is 9.36 Å². The molecule has 0 saturated carbocycles. The molecular weight excluding hydrogens is 294 g/mol. The van der Waals surface area contributed by atoms with Crippen molar-refractivity contribution < 1.29 is 9.21 Å². The number of rotatable bonds is 4. The highest BCUT2D eigenvalue weighted by Gasteiger charge is 2.12. The first-order chi connectivity index (χ1) is 11.0. The van der Waals surface area contributed by atoms with Crippen LogP contribution in [0, 0.1) is 0 Å². The molecule has 0 atom stereocenters. The lowest BCUT2D eigenvalue weighted by molar-refractivity contribution is -0.116. The maximum Gasteiger partial charge on any atom is 0.420 e. The van der Waals surface area contributed by atoms with Crippen LogP contribution in [0.1, 0.15) is 0 Å². The number of aromatic nitrogens is 1. The molecular formula is C17H17N3O3. The lowest BCUT2D eigenvalue weighted by Gasteiger charge is -2.13. The normalized spacial score (nSPS) is 10.7. The summed E-state index contributed by atoms with van der Waals surface area (Å²) >= 11 is 0. The van der Waals surface area contributed by atoms with Crippen LogP contribution in [0.4, 0.5) is 11.4 Å². The van der Waals surface area contributed by atoms with Crippen molar-refractivity contribution >= 4 is 28.4 Å². The molecule has 0 bridgehead atoms. The summed E-state index contributed by atoms with van der Waals surface area (Å²) in [5.74, 6) is -0.819. The Bertz CT molecular complexity index is 891. The Balaban J connectivity index is 1.76. The van der Waals surface area contributed by atoms with Crippen LogP contribution in [0.25, 0.3) is 11.1 Å². The Morgan fingerprint density at radius 3 is 2.52 bits per heavy atom. The summed E-state index contributed by atoms with van der Waals surface area (Å²) in [5, 5.41) is 2.78. The van der Waals surface area contributed by atoms with Crippen molar-refractivity contribution in [2.45, 2.75) is 6.54 Å². The van der Waals surface area contributed by atoms with Crippen molar-refractivity contribution in [1.82, 2.24) is 4.57 Å². The molecule has 0 saturated heterocycles. The molecule has 0 aliphatic carbocycles. The lowest BCUT2D eigenvalue weighted by Crippen LogP contribution is -2.24. The highest BCUT2D eigenvalue weighted by Crippen LogP contribution is 2.16. The van der Waals surface area contributed by atoms with Gasteiger partial charge in [0, 0.05) is 25.5 Å². The Labute approximate surface area is 132 Å². The van der Waals surface area contributed by atoms with Gasteiger partial charge in [0.1, 0.15) is 6.54 Å². The zero-order valence-electron chi connectivity index (χ0n) is 12.9. The number of benzene rings is 2. The molecule has 0 fully saturated rings. The van der Waals surface area contributed by atoms with Gasteiger partial charge in [-0.25, -0.2) is 4.79 Å². The second-order valence-corrected chi connectivity index (χ2v) is 5.41. The average Bonchev–Trinajstić information content (AvgIpc) is 2.84. The fraction of sp³-hybridized carbons (Fsp3) is 0.176. The number of nitrogens with one attached hydrogen (secondary N) is 1. The summed E-state index contributed by atoms with van der Waals surface area (Å²) in [5.41, 5.74) is 2.80. The Morgan fingerprint density at radius 1 is 1.13 bits per heavy atom. The van der Waals surface area contributed by atoms with E-state index in [-0.39, 0.29) is 12.5 Å². The number of oxazole rings is 1. The highest BCUT2D eigenvalue weighted by atomic mass is 16.4. The summed E-state index contributed by atoms with van der Waals surface area (Å²) < 4.78 is 6.43. The van der Waals surface area contributed by atoms with Gasteiger partial charge in [0.25, 0.3) is 0 Å². The van der Waals surface area contributed by atoms with E-state index in [0.717, 1.165) is 5.69 Å². The number of carbonyl (C=O) groups is 1. The summed E-state index contributed by atoms with van der Waals surface area (Å²) in [6.45, 7) is -0.0920. The largest absolute Gasteiger partial charge is 0.420 e. The van der Waals surface area contributed by atoms with Gasteiger partial charge in [-0.1, -0.05) is 12.1 Å². The van der Waals surface area contributed by atoms with Gasteiger partial charge in [0.15, 0.2) is 5.58 Å². The van der Waals surface area contributed by atoms with Crippen LogP contribution in [0.2, 0.25) is 0 Å². The molecule has 6 heteroatoms. The number of carbonyl (C=O) groups excluding carboxylic acids is 1. The van der Waals surface area contributed by atoms with Gasteiger partial charge in [0.2, 0.25) is 5.91 Å². The molecule has 0 aliphatic heterocycles. The van der Waals surface area contributed by atoms with E-state index in [1.807, 2.05) is 43.3 Å². The molecule has 0 aliphatic rings. The summed E-state index contributed by atoms with van der Waals surface area (Å²) in [7, 11) is 3.90. The highest BCUT2D eigenvalue weighted by molar-refractivity contribution is 5.91. The second kappa shape index (κ2) is 6.00. The van der Waals surface area contributed by atoms with E-state index in [1.54, 1.807) is 24.3 Å². The zero-order valence-corrected chi connectivity index (χ0v) is 12.9. The number of amides is 1. The molecule has 0 radical (unpaired) electrons. The standard InChI is InChI=1S/C17H17N3O3/c1-19(2)13-9-7-12(8-10-13)18-16(21)11-20-14-5-3-4-6-15(14)23-17(20)22/h3-10H,11H2,1-2H3,(H,18,21). The first-order valence-corrected chi connectivity index (χ1v) is 7.20. The van der Waals surface area contributed by atoms with Crippen LogP contribution >= 0.6 is 0 Å². The predicted molar refractivity (Wildman–Crippen MR) is 89.9 cm³/mol. The molecule has 3 aromatic rings. The third-order valence-corrected chi connectivity index (χ3v) is 3.54. The van der Waals surface area contributed by atoms with E-state index in [1.165, 1.54) is 4.57 Å². The van der Waals surface area contributed by atoms with E-state index in [9.17, 15) is 9.59 Å². The molecule has 23 heavy (non-hydrogen) atoms. The Kier molecular flexibility index (Phi) is 3.89. The van der Waals surface area contributed by atoms with Gasteiger partial charge in [-0.05, 0) is 36.4 Å². The lowest BCUT2D eigenvalue weighted by atomic mass is 10.2. The monoisotopic (exact) mass is 311 g/mol. The van der Waals surface area contributed by atoms with Crippen LogP contribution in [-0.2, 0) is 11.3 Å². The Hall–Kier alpha value is -3.02. The van der Waals surface area contributed by atoms with Crippen LogP contribution in [0.15, 0.2) is 57.7 Å². The number of hydrogen-bond acceptors (Lipinski definition) is 4. The molecule has 1 N–H and O–H groups in total. The molecule has 2 aromatic carbocycles. The van der Waals surface area contributed by atoms with Gasteiger partial charge in [0.05, 0.1) is 5.52 Å². The Morgan fingerprint density at radius 2 is 1.83 bits per heavy atom. The maximum atomic E-state index is 12.2. The SMILES string of the molecule is CN(C)c1ccc(NC(=O)Cn2c(=O)oc3ccccc32)cc1. The van der Waals surface area contributed by atoms with Gasteiger partial charge in [-0.2, -0.15) is 0 Å². The van der Waals surface area contributed by atoms with Crippen molar-refractivity contribution in [1.29, 1.82) is 0 Å². The van der Waals surface area contributed by atoms with Crippen LogP contribution < -0.4 is 16.0 Å². The van der Waals surface area contributed by atoms with Crippen molar-refractivity contribution in [3.8, 4) is 0 Å². The zero-order chi connectivity index (χ0) is 16.4. The molecule has 118 valence electrons. The minimum absolute atomic E-state index is 0.0920. The van der Waals surface area contributed by atoms with E-state index < -0.39 is 5.76 Å². The van der Waals surface area contributed by atoms with E-state index in [2.05, 4.69) is 5.32 Å². The van der Waals surface area contributed by atoms with Crippen molar-refractivity contribution in [2.24, 2.45) is 0 Å². The number of fused-ring (bicyclic) bond motifs is 1. The van der Waals surface area contributed by atoms with Gasteiger partial charge >= 0.3 is 5.76 Å². The third-order valence-electron chi connectivity index (χ3n) is 3.54. The molecule has 0 spiro atoms. The van der Waals surface area contributed by atoms with E-state index >= 15 is 0 Å². The van der Waals surface area contributed by atoms with Gasteiger partial charge < -0.3 is 14.6 Å². The number of para-hydroxylation sites is 2. The summed E-state index contributed by atoms with van der Waals surface area (Å²) in [4.78, 5) is 26.0. The minimum Gasteiger partial charge on any atom is -0.408 e. The fourth-order valence-corrected chi connectivity index (χ4v) is 2.35. The number of anilines is 2. The number of hydrogen-bond donors (Lipinski definition) is 1. The fourth-order valence-electron chi connectivity index (χ4n) is 2.35. The molecule has 1 amide bonds. The molecule has 1 aromatic heterocycles. The molecule has 1 heterocycles. The van der Waals surface area contributed by atoms with E-state index in [4.69, 9.17) is 4.42 Å². The van der Waals surface area contributed by atoms with Gasteiger partial charge in [-0.15, -0.1) is 0 Å². The summed E-state index contributed by atoms with van der Waals surface area (Å²) in [6.07, 6.45) is 0.